The number of fused-ring (bicyclic) bond motifs is 8. The summed E-state index contributed by atoms with van der Waals surface area (Å²) in [7, 11) is 0. The summed E-state index contributed by atoms with van der Waals surface area (Å²) in [5.74, 6) is 0. The summed E-state index contributed by atoms with van der Waals surface area (Å²) in [6, 6.07) is 62.8. The summed E-state index contributed by atoms with van der Waals surface area (Å²) in [6.07, 6.45) is 0. The van der Waals surface area contributed by atoms with Crippen LogP contribution in [0, 0.1) is 13.8 Å². The average molecular weight is 681 g/mol. The molecule has 0 saturated heterocycles. The maximum atomic E-state index is 2.50. The lowest BCUT2D eigenvalue weighted by Crippen LogP contribution is -2.16. The van der Waals surface area contributed by atoms with Crippen LogP contribution < -0.4 is 4.90 Å². The van der Waals surface area contributed by atoms with Gasteiger partial charge in [-0.2, -0.15) is 0 Å². The predicted molar refractivity (Wildman–Crippen MR) is 225 cm³/mol. The summed E-state index contributed by atoms with van der Waals surface area (Å²) in [6.45, 7) is 9.18. The molecule has 254 valence electrons. The second-order valence-electron chi connectivity index (χ2n) is 15.1. The largest absolute Gasteiger partial charge is 0.310 e. The zero-order chi connectivity index (χ0) is 35.8. The molecule has 1 aromatic heterocycles. The molecule has 0 radical (unpaired) electrons. The topological polar surface area (TPSA) is 8.17 Å². The molecule has 0 unspecified atom stereocenters. The average Bonchev–Trinajstić information content (AvgIpc) is 3.63. The molecule has 1 aliphatic carbocycles. The second kappa shape index (κ2) is 11.8. The Balaban J connectivity index is 1.31. The van der Waals surface area contributed by atoms with Gasteiger partial charge in [0.2, 0.25) is 0 Å². The van der Waals surface area contributed by atoms with Crippen LogP contribution in [0.25, 0.3) is 60.5 Å². The maximum absolute atomic E-state index is 2.50. The lowest BCUT2D eigenvalue weighted by Gasteiger charge is -2.30. The molecule has 0 N–H and O–H groups in total. The van der Waals surface area contributed by atoms with Crippen molar-refractivity contribution < 1.29 is 0 Å². The monoisotopic (exact) mass is 680 g/mol. The molecule has 0 amide bonds. The van der Waals surface area contributed by atoms with E-state index in [1.54, 1.807) is 0 Å². The first kappa shape index (κ1) is 31.4. The molecule has 1 heterocycles. The van der Waals surface area contributed by atoms with Gasteiger partial charge in [0.15, 0.2) is 0 Å². The first-order valence-corrected chi connectivity index (χ1v) is 18.6. The first-order chi connectivity index (χ1) is 25.9. The van der Waals surface area contributed by atoms with Crippen molar-refractivity contribution in [3.05, 3.63) is 192 Å². The quantitative estimate of drug-likeness (QED) is 0.176. The molecule has 0 saturated carbocycles. The first-order valence-electron chi connectivity index (χ1n) is 18.6. The summed E-state index contributed by atoms with van der Waals surface area (Å²) < 4.78 is 2.47. The fraction of sp³-hybridized carbons (Fsp3) is 0.0980. The van der Waals surface area contributed by atoms with Gasteiger partial charge in [-0.3, -0.25) is 0 Å². The molecule has 2 nitrogen and oxygen atoms in total. The Morgan fingerprint density at radius 2 is 1.09 bits per heavy atom. The standard InChI is InChI=1S/C51H40N2/c1-33-28-44-47(29-34(33)2)53(37-19-9-6-10-20-37)49-32-48(42-23-11-12-24-43(42)50(44)49)52(38-21-15-18-36(30-38)35-16-7-5-8-17-35)39-26-27-41-40-22-13-14-25-45(40)51(3,4)46(41)31-39/h5-32H,1-4H3. The highest BCUT2D eigenvalue weighted by Crippen LogP contribution is 2.52. The van der Waals surface area contributed by atoms with E-state index in [4.69, 9.17) is 0 Å². The molecule has 1 aliphatic rings. The van der Waals surface area contributed by atoms with Gasteiger partial charge in [0.25, 0.3) is 0 Å². The minimum Gasteiger partial charge on any atom is -0.310 e. The molecule has 8 aromatic carbocycles. The Bertz CT molecular complexity index is 2880. The number of nitrogens with zero attached hydrogens (tertiary/aromatic N) is 2. The summed E-state index contributed by atoms with van der Waals surface area (Å²) >= 11 is 0. The van der Waals surface area contributed by atoms with Gasteiger partial charge in [-0.15, -0.1) is 0 Å². The Kier molecular flexibility index (Phi) is 7.00. The molecule has 0 aliphatic heterocycles. The Morgan fingerprint density at radius 1 is 0.453 bits per heavy atom. The van der Waals surface area contributed by atoms with Gasteiger partial charge in [-0.1, -0.05) is 129 Å². The SMILES string of the molecule is Cc1cc2c3c4ccccc4c(N(c4cccc(-c5ccccc5)c4)c4ccc5c(c4)C(C)(C)c4ccccc4-5)cc3n(-c3ccccc3)c2cc1C. The lowest BCUT2D eigenvalue weighted by atomic mass is 9.82. The number of aromatic nitrogens is 1. The van der Waals surface area contributed by atoms with Gasteiger partial charge in [0.05, 0.1) is 16.7 Å². The third-order valence-electron chi connectivity index (χ3n) is 11.7. The van der Waals surface area contributed by atoms with E-state index < -0.39 is 0 Å². The van der Waals surface area contributed by atoms with Gasteiger partial charge in [-0.25, -0.2) is 0 Å². The number of para-hydroxylation sites is 1. The smallest absolute Gasteiger partial charge is 0.0568 e. The predicted octanol–water partition coefficient (Wildman–Crippen LogP) is 14.0. The molecule has 10 rings (SSSR count). The molecule has 9 aromatic rings. The van der Waals surface area contributed by atoms with Crippen molar-refractivity contribution in [2.45, 2.75) is 33.1 Å². The summed E-state index contributed by atoms with van der Waals surface area (Å²) in [4.78, 5) is 2.50. The zero-order valence-corrected chi connectivity index (χ0v) is 30.6. The number of anilines is 3. The normalized spacial score (nSPS) is 13.1. The van der Waals surface area contributed by atoms with Crippen molar-refractivity contribution in [2.24, 2.45) is 0 Å². The number of rotatable bonds is 5. The van der Waals surface area contributed by atoms with Crippen molar-refractivity contribution in [2.75, 3.05) is 4.90 Å². The van der Waals surface area contributed by atoms with E-state index in [9.17, 15) is 0 Å². The van der Waals surface area contributed by atoms with Crippen LogP contribution in [0.5, 0.6) is 0 Å². The number of hydrogen-bond acceptors (Lipinski definition) is 1. The molecule has 0 bridgehead atoms. The molecule has 0 atom stereocenters. The van der Waals surface area contributed by atoms with Crippen LogP contribution >= 0.6 is 0 Å². The van der Waals surface area contributed by atoms with Crippen molar-refractivity contribution >= 4 is 49.6 Å². The minimum absolute atomic E-state index is 0.124. The van der Waals surface area contributed by atoms with Crippen LogP contribution in [0.4, 0.5) is 17.1 Å². The summed E-state index contributed by atoms with van der Waals surface area (Å²) in [5.41, 5.74) is 17.3. The Labute approximate surface area is 311 Å². The van der Waals surface area contributed by atoms with Gasteiger partial charge >= 0.3 is 0 Å². The molecule has 53 heavy (non-hydrogen) atoms. The summed E-state index contributed by atoms with van der Waals surface area (Å²) in [5, 5.41) is 5.04. The lowest BCUT2D eigenvalue weighted by molar-refractivity contribution is 0.660. The van der Waals surface area contributed by atoms with Crippen LogP contribution in [-0.4, -0.2) is 4.57 Å². The molecule has 0 fully saturated rings. The van der Waals surface area contributed by atoms with Crippen molar-refractivity contribution in [3.8, 4) is 27.9 Å². The van der Waals surface area contributed by atoms with Crippen LogP contribution in [-0.2, 0) is 5.41 Å². The van der Waals surface area contributed by atoms with Gasteiger partial charge in [0.1, 0.15) is 0 Å². The highest BCUT2D eigenvalue weighted by Gasteiger charge is 2.36. The number of aryl methyl sites for hydroxylation is 2. The van der Waals surface area contributed by atoms with E-state index >= 15 is 0 Å². The van der Waals surface area contributed by atoms with Crippen LogP contribution in [0.2, 0.25) is 0 Å². The van der Waals surface area contributed by atoms with E-state index in [0.717, 1.165) is 22.7 Å². The number of benzene rings is 8. The van der Waals surface area contributed by atoms with Crippen molar-refractivity contribution in [3.63, 3.8) is 0 Å². The second-order valence-corrected chi connectivity index (χ2v) is 15.1. The highest BCUT2D eigenvalue weighted by molar-refractivity contribution is 6.25. The van der Waals surface area contributed by atoms with E-state index in [2.05, 4.69) is 207 Å². The van der Waals surface area contributed by atoms with Gasteiger partial charge in [-0.05, 0) is 118 Å². The van der Waals surface area contributed by atoms with Crippen LogP contribution in [0.1, 0.15) is 36.1 Å². The highest BCUT2D eigenvalue weighted by atomic mass is 15.1. The molecule has 2 heteroatoms. The third kappa shape index (κ3) is 4.79. The van der Waals surface area contributed by atoms with Crippen LogP contribution in [0.15, 0.2) is 170 Å². The molecular formula is C51H40N2. The third-order valence-corrected chi connectivity index (χ3v) is 11.7. The van der Waals surface area contributed by atoms with E-state index in [1.165, 1.54) is 77.1 Å². The van der Waals surface area contributed by atoms with Gasteiger partial charge < -0.3 is 9.47 Å². The molecule has 0 spiro atoms. The fourth-order valence-corrected chi connectivity index (χ4v) is 8.87. The van der Waals surface area contributed by atoms with Crippen molar-refractivity contribution in [1.29, 1.82) is 0 Å². The molecular weight excluding hydrogens is 641 g/mol. The minimum atomic E-state index is -0.124. The zero-order valence-electron chi connectivity index (χ0n) is 30.6. The van der Waals surface area contributed by atoms with E-state index in [-0.39, 0.29) is 5.41 Å². The fourth-order valence-electron chi connectivity index (χ4n) is 8.87. The number of hydrogen-bond donors (Lipinski definition) is 0. The van der Waals surface area contributed by atoms with E-state index in [1.807, 2.05) is 0 Å². The Morgan fingerprint density at radius 3 is 1.91 bits per heavy atom. The van der Waals surface area contributed by atoms with Gasteiger partial charge in [0, 0.05) is 38.6 Å². The maximum Gasteiger partial charge on any atom is 0.0568 e. The van der Waals surface area contributed by atoms with E-state index in [0.29, 0.717) is 0 Å². The Hall–Kier alpha value is -6.38. The van der Waals surface area contributed by atoms with Crippen LogP contribution in [0.3, 0.4) is 0 Å². The van der Waals surface area contributed by atoms with Crippen molar-refractivity contribution in [1.82, 2.24) is 4.57 Å².